The highest BCUT2D eigenvalue weighted by molar-refractivity contribution is 7.99. The number of rotatable bonds is 8. The third-order valence-corrected chi connectivity index (χ3v) is 5.95. The van der Waals surface area contributed by atoms with Crippen molar-refractivity contribution in [3.63, 3.8) is 0 Å². The van der Waals surface area contributed by atoms with Crippen molar-refractivity contribution < 1.29 is 9.21 Å². The number of amides is 1. The van der Waals surface area contributed by atoms with E-state index in [2.05, 4.69) is 34.6 Å². The number of nitrogens with zero attached hydrogens (tertiary/aromatic N) is 3. The maximum Gasteiger partial charge on any atom is 0.234 e. The summed E-state index contributed by atoms with van der Waals surface area (Å²) in [6.07, 6.45) is 2.62. The normalized spacial score (nSPS) is 10.9. The first-order valence-corrected chi connectivity index (χ1v) is 11.2. The molecule has 1 amide bonds. The number of aromatic nitrogens is 3. The van der Waals surface area contributed by atoms with Crippen molar-refractivity contribution >= 4 is 23.4 Å². The SMILES string of the molecule is CCc1ccc(NC(=O)CSc2nnc(-c3ccoc3C)n2Cc2ccccc2)cc1. The minimum atomic E-state index is -0.0791. The van der Waals surface area contributed by atoms with E-state index in [4.69, 9.17) is 4.42 Å². The Morgan fingerprint density at radius 3 is 2.48 bits per heavy atom. The lowest BCUT2D eigenvalue weighted by atomic mass is 10.1. The average molecular weight is 433 g/mol. The smallest absolute Gasteiger partial charge is 0.234 e. The van der Waals surface area contributed by atoms with Crippen LogP contribution in [0.3, 0.4) is 0 Å². The van der Waals surface area contributed by atoms with Crippen molar-refractivity contribution in [1.82, 2.24) is 14.8 Å². The van der Waals surface area contributed by atoms with E-state index in [-0.39, 0.29) is 11.7 Å². The zero-order valence-electron chi connectivity index (χ0n) is 17.5. The van der Waals surface area contributed by atoms with Gasteiger partial charge in [-0.2, -0.15) is 0 Å². The summed E-state index contributed by atoms with van der Waals surface area (Å²) in [7, 11) is 0. The molecule has 2 aromatic heterocycles. The van der Waals surface area contributed by atoms with Gasteiger partial charge < -0.3 is 9.73 Å². The number of hydrogen-bond donors (Lipinski definition) is 1. The Balaban J connectivity index is 1.51. The van der Waals surface area contributed by atoms with Gasteiger partial charge in [-0.3, -0.25) is 9.36 Å². The number of thioether (sulfide) groups is 1. The molecule has 2 heterocycles. The molecule has 7 heteroatoms. The Morgan fingerprint density at radius 1 is 1.03 bits per heavy atom. The molecule has 0 saturated heterocycles. The molecule has 0 aliphatic heterocycles. The fraction of sp³-hybridized carbons (Fsp3) is 0.208. The molecule has 0 aliphatic rings. The summed E-state index contributed by atoms with van der Waals surface area (Å²) >= 11 is 1.37. The molecule has 0 aliphatic carbocycles. The van der Waals surface area contributed by atoms with Crippen molar-refractivity contribution in [1.29, 1.82) is 0 Å². The highest BCUT2D eigenvalue weighted by atomic mass is 32.2. The Kier molecular flexibility index (Phi) is 6.52. The van der Waals surface area contributed by atoms with Crippen LogP contribution in [0.15, 0.2) is 76.5 Å². The summed E-state index contributed by atoms with van der Waals surface area (Å²) in [5.41, 5.74) is 4.06. The van der Waals surface area contributed by atoms with Crippen LogP contribution in [0.25, 0.3) is 11.4 Å². The number of aryl methyl sites for hydroxylation is 2. The standard InChI is InChI=1S/C24H24N4O2S/c1-3-18-9-11-20(12-10-18)25-22(29)16-31-24-27-26-23(21-13-14-30-17(21)2)28(24)15-19-7-5-4-6-8-19/h4-14H,3,15-16H2,1-2H3,(H,25,29). The summed E-state index contributed by atoms with van der Waals surface area (Å²) in [5, 5.41) is 12.4. The molecule has 0 spiro atoms. The van der Waals surface area contributed by atoms with E-state index in [9.17, 15) is 4.79 Å². The van der Waals surface area contributed by atoms with Gasteiger partial charge >= 0.3 is 0 Å². The van der Waals surface area contributed by atoms with Crippen molar-refractivity contribution in [3.8, 4) is 11.4 Å². The molecule has 2 aromatic carbocycles. The highest BCUT2D eigenvalue weighted by Gasteiger charge is 2.18. The van der Waals surface area contributed by atoms with Crippen LogP contribution >= 0.6 is 11.8 Å². The minimum absolute atomic E-state index is 0.0791. The van der Waals surface area contributed by atoms with Crippen LogP contribution in [0.2, 0.25) is 0 Å². The molecule has 6 nitrogen and oxygen atoms in total. The molecule has 4 aromatic rings. The van der Waals surface area contributed by atoms with Gasteiger partial charge in [-0.1, -0.05) is 61.2 Å². The van der Waals surface area contributed by atoms with E-state index in [0.29, 0.717) is 11.7 Å². The summed E-state index contributed by atoms with van der Waals surface area (Å²) in [6.45, 7) is 4.62. The van der Waals surface area contributed by atoms with Crippen molar-refractivity contribution in [3.05, 3.63) is 83.8 Å². The quantitative estimate of drug-likeness (QED) is 0.388. The molecule has 0 saturated carbocycles. The van der Waals surface area contributed by atoms with Crippen LogP contribution in [0, 0.1) is 6.92 Å². The van der Waals surface area contributed by atoms with Crippen LogP contribution in [0.1, 0.15) is 23.8 Å². The molecule has 4 rings (SSSR count). The van der Waals surface area contributed by atoms with Crippen molar-refractivity contribution in [2.45, 2.75) is 32.0 Å². The molecule has 158 valence electrons. The van der Waals surface area contributed by atoms with Crippen LogP contribution in [-0.2, 0) is 17.8 Å². The van der Waals surface area contributed by atoms with E-state index in [1.165, 1.54) is 17.3 Å². The van der Waals surface area contributed by atoms with Crippen LogP contribution < -0.4 is 5.32 Å². The molecule has 0 fully saturated rings. The fourth-order valence-electron chi connectivity index (χ4n) is 3.27. The van der Waals surface area contributed by atoms with Gasteiger partial charge in [0.1, 0.15) is 5.76 Å². The van der Waals surface area contributed by atoms with E-state index in [0.717, 1.165) is 34.8 Å². The Hall–Kier alpha value is -3.32. The van der Waals surface area contributed by atoms with Gasteiger partial charge in [-0.25, -0.2) is 0 Å². The second kappa shape index (κ2) is 9.66. The summed E-state index contributed by atoms with van der Waals surface area (Å²) in [6, 6.07) is 19.9. The predicted molar refractivity (Wildman–Crippen MR) is 123 cm³/mol. The molecule has 0 atom stereocenters. The summed E-state index contributed by atoms with van der Waals surface area (Å²) in [4.78, 5) is 12.5. The predicted octanol–water partition coefficient (Wildman–Crippen LogP) is 5.19. The zero-order valence-corrected chi connectivity index (χ0v) is 18.4. The number of furan rings is 1. The minimum Gasteiger partial charge on any atom is -0.469 e. The molecular weight excluding hydrogens is 408 g/mol. The largest absolute Gasteiger partial charge is 0.469 e. The number of nitrogens with one attached hydrogen (secondary N) is 1. The number of benzene rings is 2. The third-order valence-electron chi connectivity index (χ3n) is 4.98. The van der Waals surface area contributed by atoms with Gasteiger partial charge in [-0.05, 0) is 42.7 Å². The Morgan fingerprint density at radius 2 is 1.81 bits per heavy atom. The van der Waals surface area contributed by atoms with E-state index in [1.807, 2.05) is 60.0 Å². The first-order valence-electron chi connectivity index (χ1n) is 10.2. The Bertz CT molecular complexity index is 1150. The molecule has 31 heavy (non-hydrogen) atoms. The number of carbonyl (C=O) groups excluding carboxylic acids is 1. The maximum atomic E-state index is 12.5. The lowest BCUT2D eigenvalue weighted by Crippen LogP contribution is -2.15. The number of hydrogen-bond acceptors (Lipinski definition) is 5. The topological polar surface area (TPSA) is 73.0 Å². The lowest BCUT2D eigenvalue weighted by molar-refractivity contribution is -0.113. The Labute approximate surface area is 185 Å². The molecule has 1 N–H and O–H groups in total. The third kappa shape index (κ3) is 5.06. The first-order chi connectivity index (χ1) is 15.1. The van der Waals surface area contributed by atoms with Gasteiger partial charge in [0.2, 0.25) is 5.91 Å². The second-order valence-corrected chi connectivity index (χ2v) is 8.10. The average Bonchev–Trinajstić information content (AvgIpc) is 3.39. The van der Waals surface area contributed by atoms with E-state index < -0.39 is 0 Å². The maximum absolute atomic E-state index is 12.5. The van der Waals surface area contributed by atoms with Crippen LogP contribution in [0.4, 0.5) is 5.69 Å². The van der Waals surface area contributed by atoms with Crippen LogP contribution in [-0.4, -0.2) is 26.4 Å². The number of carbonyl (C=O) groups is 1. The van der Waals surface area contributed by atoms with Crippen LogP contribution in [0.5, 0.6) is 0 Å². The number of anilines is 1. The van der Waals surface area contributed by atoms with Gasteiger partial charge in [-0.15, -0.1) is 10.2 Å². The van der Waals surface area contributed by atoms with Gasteiger partial charge in [0, 0.05) is 5.69 Å². The van der Waals surface area contributed by atoms with Crippen molar-refractivity contribution in [2.24, 2.45) is 0 Å². The fourth-order valence-corrected chi connectivity index (χ4v) is 4.01. The lowest BCUT2D eigenvalue weighted by Gasteiger charge is -2.10. The van der Waals surface area contributed by atoms with E-state index in [1.54, 1.807) is 6.26 Å². The summed E-state index contributed by atoms with van der Waals surface area (Å²) in [5.74, 6) is 1.68. The van der Waals surface area contributed by atoms with Gasteiger partial charge in [0.05, 0.1) is 24.1 Å². The first kappa shape index (κ1) is 20.9. The zero-order chi connectivity index (χ0) is 21.6. The molecule has 0 radical (unpaired) electrons. The highest BCUT2D eigenvalue weighted by Crippen LogP contribution is 2.28. The molecular formula is C24H24N4O2S. The molecule has 0 bridgehead atoms. The van der Waals surface area contributed by atoms with Gasteiger partial charge in [0.25, 0.3) is 0 Å². The molecule has 0 unspecified atom stereocenters. The second-order valence-electron chi connectivity index (χ2n) is 7.16. The summed E-state index contributed by atoms with van der Waals surface area (Å²) < 4.78 is 7.49. The van der Waals surface area contributed by atoms with Crippen molar-refractivity contribution in [2.75, 3.05) is 11.1 Å². The van der Waals surface area contributed by atoms with E-state index >= 15 is 0 Å². The van der Waals surface area contributed by atoms with Gasteiger partial charge in [0.15, 0.2) is 11.0 Å². The monoisotopic (exact) mass is 432 g/mol.